The number of fused-ring (bicyclic) bond motifs is 9. The zero-order valence-corrected chi connectivity index (χ0v) is 23.2. The number of pyridine rings is 1. The number of hydrogen-bond donors (Lipinski definition) is 0. The van der Waals surface area contributed by atoms with Crippen molar-refractivity contribution in [3.63, 3.8) is 0 Å². The molecule has 0 spiro atoms. The second-order valence-corrected chi connectivity index (χ2v) is 10.6. The van der Waals surface area contributed by atoms with Crippen LogP contribution in [0.15, 0.2) is 158 Å². The Hall–Kier alpha value is -6.13. The van der Waals surface area contributed by atoms with E-state index in [1.807, 2.05) is 66.7 Å². The molecule has 0 radical (unpaired) electrons. The maximum Gasteiger partial charge on any atom is 0.139 e. The zero-order chi connectivity index (χ0) is 41.7. The van der Waals surface area contributed by atoms with Crippen molar-refractivity contribution in [3.8, 4) is 17.2 Å². The van der Waals surface area contributed by atoms with Crippen LogP contribution in [0.4, 0.5) is 0 Å². The van der Waals surface area contributed by atoms with Gasteiger partial charge in [-0.25, -0.2) is 4.98 Å². The van der Waals surface area contributed by atoms with E-state index in [1.165, 1.54) is 4.57 Å². The van der Waals surface area contributed by atoms with Gasteiger partial charge in [-0.15, -0.1) is 0 Å². The summed E-state index contributed by atoms with van der Waals surface area (Å²) in [6, 6.07) is 15.4. The highest BCUT2D eigenvalue weighted by Gasteiger charge is 2.19. The Morgan fingerprint density at radius 1 is 0.422 bits per heavy atom. The lowest BCUT2D eigenvalue weighted by atomic mass is 10.1. The number of rotatable bonds is 3. The smallest absolute Gasteiger partial charge is 0.139 e. The summed E-state index contributed by atoms with van der Waals surface area (Å²) in [5.74, 6) is -0.420. The molecule has 4 heteroatoms. The fourth-order valence-corrected chi connectivity index (χ4v) is 6.42. The third-order valence-corrected chi connectivity index (χ3v) is 8.28. The monoisotopic (exact) mass is 588 g/mol. The van der Waals surface area contributed by atoms with Gasteiger partial charge in [0.1, 0.15) is 5.82 Å². The van der Waals surface area contributed by atoms with Crippen molar-refractivity contribution in [2.45, 2.75) is 0 Å². The maximum atomic E-state index is 9.91. The van der Waals surface area contributed by atoms with Gasteiger partial charge in [0.25, 0.3) is 0 Å². The molecule has 0 fully saturated rings. The summed E-state index contributed by atoms with van der Waals surface area (Å²) < 4.78 is 129. The van der Waals surface area contributed by atoms with E-state index in [1.54, 1.807) is 6.07 Å². The summed E-state index contributed by atoms with van der Waals surface area (Å²) in [5, 5.41) is 1.20. The molecule has 0 aliphatic carbocycles. The Morgan fingerprint density at radius 3 is 1.73 bits per heavy atom. The predicted molar refractivity (Wildman–Crippen MR) is 187 cm³/mol. The maximum absolute atomic E-state index is 9.91. The van der Waals surface area contributed by atoms with Crippen LogP contribution in [0.5, 0.6) is 0 Å². The highest BCUT2D eigenvalue weighted by atomic mass is 15.1. The fourth-order valence-electron chi connectivity index (χ4n) is 6.42. The van der Waals surface area contributed by atoms with Gasteiger partial charge in [-0.2, -0.15) is 0 Å². The fraction of sp³-hybridized carbons (Fsp3) is 0. The second-order valence-electron chi connectivity index (χ2n) is 10.6. The minimum Gasteiger partial charge on any atom is -0.309 e. The average Bonchev–Trinajstić information content (AvgIpc) is 3.90. The number of benzene rings is 6. The average molecular weight is 589 g/mol. The Morgan fingerprint density at radius 2 is 1.00 bits per heavy atom. The van der Waals surface area contributed by atoms with Crippen LogP contribution >= 0.6 is 0 Å². The van der Waals surface area contributed by atoms with Crippen molar-refractivity contribution < 1.29 is 19.2 Å². The van der Waals surface area contributed by atoms with Gasteiger partial charge in [0.05, 0.1) is 52.3 Å². The lowest BCUT2D eigenvalue weighted by Gasteiger charge is -2.12. The molecular weight excluding hydrogens is 548 g/mol. The summed E-state index contributed by atoms with van der Waals surface area (Å²) in [6.45, 7) is 0. The van der Waals surface area contributed by atoms with E-state index >= 15 is 0 Å². The third kappa shape index (κ3) is 3.39. The van der Waals surface area contributed by atoms with Crippen LogP contribution in [0.1, 0.15) is 19.2 Å². The number of para-hydroxylation sites is 5. The van der Waals surface area contributed by atoms with Crippen molar-refractivity contribution in [3.05, 3.63) is 158 Å². The van der Waals surface area contributed by atoms with Crippen LogP contribution in [-0.2, 0) is 0 Å². The zero-order valence-electron chi connectivity index (χ0n) is 37.2. The topological polar surface area (TPSA) is 27.7 Å². The molecule has 4 heterocycles. The molecule has 0 aliphatic heterocycles. The van der Waals surface area contributed by atoms with E-state index < -0.39 is 90.5 Å². The van der Waals surface area contributed by atoms with Gasteiger partial charge in [0.2, 0.25) is 0 Å². The Kier molecular flexibility index (Phi) is 2.97. The third-order valence-electron chi connectivity index (χ3n) is 8.28. The van der Waals surface area contributed by atoms with Crippen LogP contribution in [0.25, 0.3) is 82.6 Å². The van der Waals surface area contributed by atoms with Gasteiger partial charge in [0, 0.05) is 55.9 Å². The van der Waals surface area contributed by atoms with E-state index in [4.69, 9.17) is 15.1 Å². The SMILES string of the molecule is [2H]c1c([2H])c([2H])c2c(c1[2H])c1c([2H])nc(-n3c4c([2H])c([2H])c([2H])c([2H])c4c4c([2H])c([2H])c([2H])c([2H])c43)c([2H])c1n2-c1ccc2c3ccccc3n(-c3ccccc3)c2c1. The Balaban J connectivity index is 1.43. The van der Waals surface area contributed by atoms with E-state index in [0.717, 1.165) is 32.1 Å². The molecule has 6 aromatic carbocycles. The highest BCUT2D eigenvalue weighted by Crippen LogP contribution is 2.38. The molecule has 45 heavy (non-hydrogen) atoms. The summed E-state index contributed by atoms with van der Waals surface area (Å²) in [5.41, 5.74) is 2.13. The minimum atomic E-state index is -0.666. The summed E-state index contributed by atoms with van der Waals surface area (Å²) in [4.78, 5) is 4.47. The number of aromatic nitrogens is 4. The lowest BCUT2D eigenvalue weighted by Crippen LogP contribution is -1.99. The highest BCUT2D eigenvalue weighted by molar-refractivity contribution is 6.13. The molecule has 0 unspecified atom stereocenters. The van der Waals surface area contributed by atoms with Crippen LogP contribution in [-0.4, -0.2) is 18.7 Å². The standard InChI is InChI=1S/C41H26N4/c1-2-12-27(13-3-1)43-35-18-8-4-16-31(35)33-23-22-28(24-39(33)43)44-36-19-9-7-17-32(36)34-26-42-41(25-40(34)44)45-37-20-10-5-14-29(37)30-15-6-11-21-38(30)45/h1-26H/i5D,6D,7D,9D,10D,11D,14D,15D,17D,19D,20D,21D,25D,26D. The number of nitrogens with zero attached hydrogens (tertiary/aromatic N) is 4. The molecule has 0 atom stereocenters. The second kappa shape index (κ2) is 9.18. The molecule has 0 aliphatic rings. The predicted octanol–water partition coefficient (Wildman–Crippen LogP) is 10.4. The first-order chi connectivity index (χ1) is 28.2. The Labute approximate surface area is 278 Å². The van der Waals surface area contributed by atoms with Crippen molar-refractivity contribution in [1.29, 1.82) is 0 Å². The molecule has 10 aromatic rings. The van der Waals surface area contributed by atoms with E-state index in [0.29, 0.717) is 5.69 Å². The number of hydrogen-bond acceptors (Lipinski definition) is 1. The van der Waals surface area contributed by atoms with Gasteiger partial charge < -0.3 is 9.13 Å². The first kappa shape index (κ1) is 14.6. The van der Waals surface area contributed by atoms with Crippen molar-refractivity contribution in [2.75, 3.05) is 0 Å². The van der Waals surface area contributed by atoms with Crippen molar-refractivity contribution in [1.82, 2.24) is 18.7 Å². The van der Waals surface area contributed by atoms with E-state index in [9.17, 15) is 4.11 Å². The minimum absolute atomic E-state index is 0.0419. The summed E-state index contributed by atoms with van der Waals surface area (Å²) >= 11 is 0. The van der Waals surface area contributed by atoms with E-state index in [-0.39, 0.29) is 43.6 Å². The summed E-state index contributed by atoms with van der Waals surface area (Å²) in [6.07, 6.45) is -0.545. The molecule has 0 N–H and O–H groups in total. The summed E-state index contributed by atoms with van der Waals surface area (Å²) in [7, 11) is 0. The normalized spacial score (nSPS) is 16.4. The first-order valence-corrected chi connectivity index (χ1v) is 14.2. The molecule has 0 saturated heterocycles. The van der Waals surface area contributed by atoms with Gasteiger partial charge >= 0.3 is 0 Å². The lowest BCUT2D eigenvalue weighted by molar-refractivity contribution is 1.08. The van der Waals surface area contributed by atoms with Crippen LogP contribution in [0.2, 0.25) is 0 Å². The van der Waals surface area contributed by atoms with Gasteiger partial charge in [-0.1, -0.05) is 96.8 Å². The molecule has 4 nitrogen and oxygen atoms in total. The van der Waals surface area contributed by atoms with Crippen molar-refractivity contribution >= 4 is 65.4 Å². The molecule has 10 rings (SSSR count). The van der Waals surface area contributed by atoms with Gasteiger partial charge in [-0.3, -0.25) is 4.57 Å². The Bertz CT molecular complexity index is 3480. The van der Waals surface area contributed by atoms with Crippen LogP contribution < -0.4 is 0 Å². The van der Waals surface area contributed by atoms with Gasteiger partial charge in [-0.05, 0) is 48.5 Å². The molecule has 210 valence electrons. The molecule has 0 bridgehead atoms. The van der Waals surface area contributed by atoms with Crippen molar-refractivity contribution in [2.24, 2.45) is 0 Å². The molecule has 0 saturated carbocycles. The molecule has 4 aromatic heterocycles. The van der Waals surface area contributed by atoms with Gasteiger partial charge in [0.15, 0.2) is 0 Å². The molecule has 0 amide bonds. The van der Waals surface area contributed by atoms with E-state index in [2.05, 4.69) is 9.55 Å². The largest absolute Gasteiger partial charge is 0.309 e. The quantitative estimate of drug-likeness (QED) is 0.202. The first-order valence-electron chi connectivity index (χ1n) is 21.2. The van der Waals surface area contributed by atoms with Crippen LogP contribution in [0.3, 0.4) is 0 Å². The van der Waals surface area contributed by atoms with Crippen LogP contribution in [0, 0.1) is 0 Å². The molecular formula is C41H26N4.